The van der Waals surface area contributed by atoms with Gasteiger partial charge in [0.1, 0.15) is 5.76 Å². The van der Waals surface area contributed by atoms with E-state index in [1.807, 2.05) is 36.3 Å². The van der Waals surface area contributed by atoms with Crippen molar-refractivity contribution >= 4 is 5.91 Å². The molecule has 0 saturated heterocycles. The molecule has 3 aromatic heterocycles. The SMILES string of the molecule is COc1cc(CCC(=O)NCC2CCC(c3nn(C)cc3-c3ccncc3)CC2)on1. The van der Waals surface area contributed by atoms with Gasteiger partial charge in [-0.2, -0.15) is 5.10 Å². The number of aryl methyl sites for hydroxylation is 2. The lowest BCUT2D eigenvalue weighted by molar-refractivity contribution is -0.121. The summed E-state index contributed by atoms with van der Waals surface area (Å²) in [4.78, 5) is 16.3. The zero-order valence-corrected chi connectivity index (χ0v) is 18.1. The molecule has 1 fully saturated rings. The molecule has 3 aromatic rings. The van der Waals surface area contributed by atoms with Crippen LogP contribution in [0.5, 0.6) is 5.88 Å². The lowest BCUT2D eigenvalue weighted by Crippen LogP contribution is -2.31. The number of nitrogens with one attached hydrogen (secondary N) is 1. The van der Waals surface area contributed by atoms with Crippen LogP contribution in [0.15, 0.2) is 41.3 Å². The molecule has 0 aliphatic heterocycles. The molecular weight excluding hydrogens is 394 g/mol. The maximum Gasteiger partial charge on any atom is 0.254 e. The molecule has 0 unspecified atom stereocenters. The second-order valence-electron chi connectivity index (χ2n) is 8.19. The van der Waals surface area contributed by atoms with Gasteiger partial charge in [0, 0.05) is 62.6 Å². The summed E-state index contributed by atoms with van der Waals surface area (Å²) in [5.41, 5.74) is 3.54. The van der Waals surface area contributed by atoms with Crippen molar-refractivity contribution in [3.8, 4) is 17.0 Å². The third-order valence-electron chi connectivity index (χ3n) is 6.01. The molecule has 1 N–H and O–H groups in total. The molecule has 4 rings (SSSR count). The van der Waals surface area contributed by atoms with E-state index in [-0.39, 0.29) is 5.91 Å². The maximum absolute atomic E-state index is 12.2. The summed E-state index contributed by atoms with van der Waals surface area (Å²) in [6.45, 7) is 0.727. The van der Waals surface area contributed by atoms with E-state index in [4.69, 9.17) is 14.4 Å². The highest BCUT2D eigenvalue weighted by Crippen LogP contribution is 2.39. The van der Waals surface area contributed by atoms with Crippen LogP contribution in [0.1, 0.15) is 49.5 Å². The predicted molar refractivity (Wildman–Crippen MR) is 116 cm³/mol. The average Bonchev–Trinajstić information content (AvgIpc) is 3.43. The Morgan fingerprint density at radius 2 is 2.03 bits per heavy atom. The zero-order chi connectivity index (χ0) is 21.6. The van der Waals surface area contributed by atoms with Gasteiger partial charge in [-0.1, -0.05) is 0 Å². The Labute approximate surface area is 182 Å². The number of methoxy groups -OCH3 is 1. The number of aromatic nitrogens is 4. The van der Waals surface area contributed by atoms with Gasteiger partial charge < -0.3 is 14.6 Å². The predicted octanol–water partition coefficient (Wildman–Crippen LogP) is 3.50. The third-order valence-corrected chi connectivity index (χ3v) is 6.01. The Hall–Kier alpha value is -3.16. The quantitative estimate of drug-likeness (QED) is 0.596. The summed E-state index contributed by atoms with van der Waals surface area (Å²) in [5.74, 6) is 2.11. The van der Waals surface area contributed by atoms with Crippen molar-refractivity contribution in [3.63, 3.8) is 0 Å². The number of pyridine rings is 1. The molecule has 1 saturated carbocycles. The summed E-state index contributed by atoms with van der Waals surface area (Å²) in [7, 11) is 3.51. The lowest BCUT2D eigenvalue weighted by Gasteiger charge is -2.28. The van der Waals surface area contributed by atoms with E-state index in [0.717, 1.165) is 37.8 Å². The molecule has 0 aromatic carbocycles. The highest BCUT2D eigenvalue weighted by molar-refractivity contribution is 5.76. The van der Waals surface area contributed by atoms with Gasteiger partial charge in [0.15, 0.2) is 0 Å². The number of carbonyl (C=O) groups excluding carboxylic acids is 1. The van der Waals surface area contributed by atoms with Gasteiger partial charge in [-0.05, 0) is 54.5 Å². The van der Waals surface area contributed by atoms with Crippen molar-refractivity contribution in [3.05, 3.63) is 48.2 Å². The van der Waals surface area contributed by atoms with Crippen molar-refractivity contribution in [2.75, 3.05) is 13.7 Å². The first-order valence-electron chi connectivity index (χ1n) is 10.8. The second kappa shape index (κ2) is 9.76. The first kappa shape index (κ1) is 21.1. The van der Waals surface area contributed by atoms with Gasteiger partial charge in [0.05, 0.1) is 12.8 Å². The molecule has 31 heavy (non-hydrogen) atoms. The molecule has 8 nitrogen and oxygen atoms in total. The van der Waals surface area contributed by atoms with Crippen LogP contribution in [0.3, 0.4) is 0 Å². The van der Waals surface area contributed by atoms with E-state index in [1.54, 1.807) is 6.07 Å². The van der Waals surface area contributed by atoms with Gasteiger partial charge in [0.25, 0.3) is 5.88 Å². The molecule has 1 aliphatic rings. The fourth-order valence-corrected chi connectivity index (χ4v) is 4.29. The summed E-state index contributed by atoms with van der Waals surface area (Å²) in [6.07, 6.45) is 11.0. The van der Waals surface area contributed by atoms with Crippen molar-refractivity contribution in [2.45, 2.75) is 44.4 Å². The minimum Gasteiger partial charge on any atom is -0.479 e. The average molecular weight is 424 g/mol. The second-order valence-corrected chi connectivity index (χ2v) is 8.19. The van der Waals surface area contributed by atoms with Crippen LogP contribution in [0.4, 0.5) is 0 Å². The summed E-state index contributed by atoms with van der Waals surface area (Å²) < 4.78 is 12.0. The molecule has 0 radical (unpaired) electrons. The lowest BCUT2D eigenvalue weighted by atomic mass is 9.79. The molecule has 0 atom stereocenters. The number of hydrogen-bond donors (Lipinski definition) is 1. The number of carbonyl (C=O) groups is 1. The van der Waals surface area contributed by atoms with Crippen LogP contribution in [-0.2, 0) is 18.3 Å². The fourth-order valence-electron chi connectivity index (χ4n) is 4.29. The summed E-state index contributed by atoms with van der Waals surface area (Å²) in [6, 6.07) is 5.79. The zero-order valence-electron chi connectivity index (χ0n) is 18.1. The van der Waals surface area contributed by atoms with Gasteiger partial charge in [-0.15, -0.1) is 0 Å². The van der Waals surface area contributed by atoms with Crippen LogP contribution < -0.4 is 10.1 Å². The van der Waals surface area contributed by atoms with Crippen molar-refractivity contribution in [1.29, 1.82) is 0 Å². The van der Waals surface area contributed by atoms with E-state index >= 15 is 0 Å². The Balaban J connectivity index is 1.24. The molecule has 3 heterocycles. The van der Waals surface area contributed by atoms with Crippen molar-refractivity contribution < 1.29 is 14.1 Å². The molecule has 1 aliphatic carbocycles. The maximum atomic E-state index is 12.2. The smallest absolute Gasteiger partial charge is 0.254 e. The van der Waals surface area contributed by atoms with E-state index in [2.05, 4.69) is 21.7 Å². The first-order chi connectivity index (χ1) is 15.1. The van der Waals surface area contributed by atoms with Crippen LogP contribution in [-0.4, -0.2) is 39.5 Å². The fraction of sp³-hybridized carbons (Fsp3) is 0.478. The number of amides is 1. The molecule has 8 heteroatoms. The Bertz CT molecular complexity index is 990. The van der Waals surface area contributed by atoms with E-state index < -0.39 is 0 Å². The molecule has 1 amide bonds. The molecule has 0 bridgehead atoms. The van der Waals surface area contributed by atoms with Gasteiger partial charge in [0.2, 0.25) is 5.91 Å². The van der Waals surface area contributed by atoms with Gasteiger partial charge in [-0.25, -0.2) is 0 Å². The summed E-state index contributed by atoms with van der Waals surface area (Å²) in [5, 5.41) is 11.6. The number of hydrogen-bond acceptors (Lipinski definition) is 6. The summed E-state index contributed by atoms with van der Waals surface area (Å²) >= 11 is 0. The third kappa shape index (κ3) is 5.31. The van der Waals surface area contributed by atoms with E-state index in [0.29, 0.717) is 36.3 Å². The van der Waals surface area contributed by atoms with E-state index in [9.17, 15) is 4.79 Å². The Kier molecular flexibility index (Phi) is 6.64. The van der Waals surface area contributed by atoms with Crippen molar-refractivity contribution in [2.24, 2.45) is 13.0 Å². The minimum atomic E-state index is 0.0437. The van der Waals surface area contributed by atoms with Crippen molar-refractivity contribution in [1.82, 2.24) is 25.2 Å². The Morgan fingerprint density at radius 1 is 1.26 bits per heavy atom. The monoisotopic (exact) mass is 423 g/mol. The largest absolute Gasteiger partial charge is 0.479 e. The standard InChI is InChI=1S/C23H29N5O3/c1-28-15-20(17-9-11-24-12-10-17)23(26-28)18-5-3-16(4-6-18)14-25-21(29)8-7-19-13-22(30-2)27-31-19/h9-13,15-16,18H,3-8,14H2,1-2H3,(H,25,29). The number of rotatable bonds is 8. The number of nitrogens with zero attached hydrogens (tertiary/aromatic N) is 4. The molecular formula is C23H29N5O3. The molecule has 0 spiro atoms. The van der Waals surface area contributed by atoms with Crippen LogP contribution in [0.25, 0.3) is 11.1 Å². The van der Waals surface area contributed by atoms with Gasteiger partial charge in [-0.3, -0.25) is 14.5 Å². The highest BCUT2D eigenvalue weighted by atomic mass is 16.5. The number of ether oxygens (including phenoxy) is 1. The topological polar surface area (TPSA) is 95.1 Å². The molecule has 164 valence electrons. The van der Waals surface area contributed by atoms with Gasteiger partial charge >= 0.3 is 0 Å². The van der Waals surface area contributed by atoms with Crippen LogP contribution >= 0.6 is 0 Å². The van der Waals surface area contributed by atoms with E-state index in [1.165, 1.54) is 18.4 Å². The highest BCUT2D eigenvalue weighted by Gasteiger charge is 2.27. The first-order valence-corrected chi connectivity index (χ1v) is 10.8. The van der Waals surface area contributed by atoms with Crippen LogP contribution in [0, 0.1) is 5.92 Å². The van der Waals surface area contributed by atoms with Crippen LogP contribution in [0.2, 0.25) is 0 Å². The normalized spacial score (nSPS) is 18.6. The minimum absolute atomic E-state index is 0.0437. The Morgan fingerprint density at radius 3 is 2.74 bits per heavy atom.